The molecule has 2 rings (SSSR count). The van der Waals surface area contributed by atoms with Crippen LogP contribution < -0.4 is 0 Å². The second-order valence-electron chi connectivity index (χ2n) is 4.44. The van der Waals surface area contributed by atoms with E-state index in [4.69, 9.17) is 0 Å². The van der Waals surface area contributed by atoms with Gasteiger partial charge in [-0.3, -0.25) is 4.79 Å². The summed E-state index contributed by atoms with van der Waals surface area (Å²) in [7, 11) is 0. The molecule has 0 bridgehead atoms. The lowest BCUT2D eigenvalue weighted by Crippen LogP contribution is -2.02. The summed E-state index contributed by atoms with van der Waals surface area (Å²) in [5.41, 5.74) is 1.85. The van der Waals surface area contributed by atoms with Crippen molar-refractivity contribution in [2.45, 2.75) is 26.3 Å². The molecule has 0 unspecified atom stereocenters. The van der Waals surface area contributed by atoms with E-state index in [-0.39, 0.29) is 5.82 Å². The van der Waals surface area contributed by atoms with Gasteiger partial charge < -0.3 is 0 Å². The Labute approximate surface area is 116 Å². The van der Waals surface area contributed by atoms with Gasteiger partial charge in [-0.1, -0.05) is 36.8 Å². The highest BCUT2D eigenvalue weighted by Crippen LogP contribution is 2.12. The van der Waals surface area contributed by atoms with Gasteiger partial charge in [0.25, 0.3) is 0 Å². The van der Waals surface area contributed by atoms with Gasteiger partial charge in [0.2, 0.25) is 0 Å². The molecular formula is C15H16FN3O. The number of aromatic nitrogens is 3. The Kier molecular flexibility index (Phi) is 4.76. The van der Waals surface area contributed by atoms with Gasteiger partial charge in [-0.25, -0.2) is 9.07 Å². The SMILES string of the molecule is CCCCn1nnc(C=O)c1/C=C/c1ccc(F)cc1. The third-order valence-corrected chi connectivity index (χ3v) is 2.94. The average molecular weight is 273 g/mol. The zero-order valence-electron chi connectivity index (χ0n) is 11.3. The van der Waals surface area contributed by atoms with Crippen molar-refractivity contribution in [3.8, 4) is 0 Å². The summed E-state index contributed by atoms with van der Waals surface area (Å²) in [5.74, 6) is -0.273. The molecule has 0 spiro atoms. The molecule has 0 aliphatic rings. The first-order valence-electron chi connectivity index (χ1n) is 6.57. The van der Waals surface area contributed by atoms with Crippen molar-refractivity contribution in [2.24, 2.45) is 0 Å². The van der Waals surface area contributed by atoms with Crippen LogP contribution in [0.1, 0.15) is 41.5 Å². The Balaban J connectivity index is 2.24. The molecule has 0 N–H and O–H groups in total. The first-order valence-corrected chi connectivity index (χ1v) is 6.57. The van der Waals surface area contributed by atoms with Crippen LogP contribution in [0.2, 0.25) is 0 Å². The lowest BCUT2D eigenvalue weighted by molar-refractivity contribution is 0.111. The molecule has 20 heavy (non-hydrogen) atoms. The van der Waals surface area contributed by atoms with E-state index in [1.165, 1.54) is 12.1 Å². The van der Waals surface area contributed by atoms with Gasteiger partial charge >= 0.3 is 0 Å². The maximum atomic E-state index is 12.8. The summed E-state index contributed by atoms with van der Waals surface area (Å²) in [6.45, 7) is 2.81. The molecule has 5 heteroatoms. The molecule has 0 saturated carbocycles. The van der Waals surface area contributed by atoms with E-state index in [9.17, 15) is 9.18 Å². The van der Waals surface area contributed by atoms with E-state index in [2.05, 4.69) is 17.2 Å². The third kappa shape index (κ3) is 3.38. The second-order valence-corrected chi connectivity index (χ2v) is 4.44. The standard InChI is InChI=1S/C15H16FN3O/c1-2-3-10-19-15(14(11-20)17-18-19)9-6-12-4-7-13(16)8-5-12/h4-9,11H,2-3,10H2,1H3/b9-6+. The zero-order valence-corrected chi connectivity index (χ0v) is 11.3. The highest BCUT2D eigenvalue weighted by Gasteiger charge is 2.08. The Morgan fingerprint density at radius 1 is 1.25 bits per heavy atom. The fourth-order valence-corrected chi connectivity index (χ4v) is 1.81. The smallest absolute Gasteiger partial charge is 0.172 e. The van der Waals surface area contributed by atoms with Crippen molar-refractivity contribution in [3.05, 3.63) is 47.0 Å². The van der Waals surface area contributed by atoms with Crippen molar-refractivity contribution >= 4 is 18.4 Å². The fourth-order valence-electron chi connectivity index (χ4n) is 1.81. The van der Waals surface area contributed by atoms with Crippen LogP contribution in [0.25, 0.3) is 12.2 Å². The number of aldehydes is 1. The predicted octanol–water partition coefficient (Wildman–Crippen LogP) is 3.20. The monoisotopic (exact) mass is 273 g/mol. The molecule has 2 aromatic rings. The van der Waals surface area contributed by atoms with Crippen molar-refractivity contribution in [1.29, 1.82) is 0 Å². The molecule has 1 aromatic carbocycles. The maximum absolute atomic E-state index is 12.8. The highest BCUT2D eigenvalue weighted by atomic mass is 19.1. The Morgan fingerprint density at radius 2 is 2.00 bits per heavy atom. The van der Waals surface area contributed by atoms with E-state index in [1.54, 1.807) is 22.9 Å². The molecule has 0 aliphatic heterocycles. The van der Waals surface area contributed by atoms with Crippen LogP contribution in [0, 0.1) is 5.82 Å². The van der Waals surface area contributed by atoms with Gasteiger partial charge in [-0.15, -0.1) is 5.10 Å². The number of nitrogens with zero attached hydrogens (tertiary/aromatic N) is 3. The molecule has 0 amide bonds. The quantitative estimate of drug-likeness (QED) is 0.759. The minimum absolute atomic E-state index is 0.273. The second kappa shape index (κ2) is 6.75. The number of halogens is 1. The van der Waals surface area contributed by atoms with Gasteiger partial charge in [0.15, 0.2) is 12.0 Å². The van der Waals surface area contributed by atoms with Gasteiger partial charge in [0.05, 0.1) is 5.69 Å². The summed E-state index contributed by atoms with van der Waals surface area (Å²) >= 11 is 0. The number of carbonyl (C=O) groups is 1. The fraction of sp³-hybridized carbons (Fsp3) is 0.267. The van der Waals surface area contributed by atoms with Gasteiger partial charge in [-0.05, 0) is 30.2 Å². The van der Waals surface area contributed by atoms with Gasteiger partial charge in [-0.2, -0.15) is 0 Å². The van der Waals surface area contributed by atoms with Crippen molar-refractivity contribution in [2.75, 3.05) is 0 Å². The average Bonchev–Trinajstić information content (AvgIpc) is 2.86. The lowest BCUT2D eigenvalue weighted by atomic mass is 10.2. The minimum atomic E-state index is -0.273. The Bertz CT molecular complexity index is 602. The van der Waals surface area contributed by atoms with E-state index in [0.717, 1.165) is 24.9 Å². The predicted molar refractivity (Wildman–Crippen MR) is 75.6 cm³/mol. The number of benzene rings is 1. The lowest BCUT2D eigenvalue weighted by Gasteiger charge is -2.01. The van der Waals surface area contributed by atoms with Crippen LogP contribution in [0.3, 0.4) is 0 Å². The maximum Gasteiger partial charge on any atom is 0.172 e. The minimum Gasteiger partial charge on any atom is -0.296 e. The van der Waals surface area contributed by atoms with Crippen LogP contribution in [-0.2, 0) is 6.54 Å². The molecule has 0 aliphatic carbocycles. The van der Waals surface area contributed by atoms with Crippen LogP contribution in [0.15, 0.2) is 24.3 Å². The zero-order chi connectivity index (χ0) is 14.4. The topological polar surface area (TPSA) is 47.8 Å². The van der Waals surface area contributed by atoms with E-state index >= 15 is 0 Å². The molecule has 0 fully saturated rings. The molecule has 4 nitrogen and oxygen atoms in total. The molecule has 104 valence electrons. The van der Waals surface area contributed by atoms with E-state index in [0.29, 0.717) is 17.7 Å². The van der Waals surface area contributed by atoms with Crippen LogP contribution in [0.4, 0.5) is 4.39 Å². The summed E-state index contributed by atoms with van der Waals surface area (Å²) in [6.07, 6.45) is 6.30. The number of aryl methyl sites for hydroxylation is 1. The number of hydrogen-bond acceptors (Lipinski definition) is 3. The number of rotatable bonds is 6. The summed E-state index contributed by atoms with van der Waals surface area (Å²) in [4.78, 5) is 11.0. The highest BCUT2D eigenvalue weighted by molar-refractivity contribution is 5.81. The largest absolute Gasteiger partial charge is 0.296 e. The first-order chi connectivity index (χ1) is 9.74. The first kappa shape index (κ1) is 14.1. The molecule has 0 radical (unpaired) electrons. The van der Waals surface area contributed by atoms with Gasteiger partial charge in [0, 0.05) is 6.54 Å². The van der Waals surface area contributed by atoms with Crippen molar-refractivity contribution < 1.29 is 9.18 Å². The number of carbonyl (C=O) groups excluding carboxylic acids is 1. The van der Waals surface area contributed by atoms with E-state index < -0.39 is 0 Å². The molecule has 0 atom stereocenters. The molecule has 0 saturated heterocycles. The van der Waals surface area contributed by atoms with Crippen molar-refractivity contribution in [3.63, 3.8) is 0 Å². The summed E-state index contributed by atoms with van der Waals surface area (Å²) in [6, 6.07) is 6.14. The number of unbranched alkanes of at least 4 members (excludes halogenated alkanes) is 1. The Hall–Kier alpha value is -2.30. The Morgan fingerprint density at radius 3 is 2.65 bits per heavy atom. The molecule has 1 heterocycles. The van der Waals surface area contributed by atoms with E-state index in [1.807, 2.05) is 6.08 Å². The van der Waals surface area contributed by atoms with Crippen LogP contribution in [-0.4, -0.2) is 21.3 Å². The van der Waals surface area contributed by atoms with Crippen LogP contribution >= 0.6 is 0 Å². The molecular weight excluding hydrogens is 257 g/mol. The van der Waals surface area contributed by atoms with Crippen molar-refractivity contribution in [1.82, 2.24) is 15.0 Å². The normalized spacial score (nSPS) is 11.1. The summed E-state index contributed by atoms with van der Waals surface area (Å²) < 4.78 is 14.5. The third-order valence-electron chi connectivity index (χ3n) is 2.94. The van der Waals surface area contributed by atoms with Gasteiger partial charge in [0.1, 0.15) is 5.82 Å². The summed E-state index contributed by atoms with van der Waals surface area (Å²) in [5, 5.41) is 7.82. The number of hydrogen-bond donors (Lipinski definition) is 0. The van der Waals surface area contributed by atoms with Crippen LogP contribution in [0.5, 0.6) is 0 Å². The molecule has 1 aromatic heterocycles.